The molecule has 5 atom stereocenters. The second-order valence-electron chi connectivity index (χ2n) is 11.0. The number of piperidine rings is 1. The molecule has 9 nitrogen and oxygen atoms in total. The lowest BCUT2D eigenvalue weighted by molar-refractivity contribution is -0.127. The van der Waals surface area contributed by atoms with Crippen LogP contribution in [0.5, 0.6) is 11.5 Å². The van der Waals surface area contributed by atoms with Crippen LogP contribution in [0.25, 0.3) is 0 Å². The van der Waals surface area contributed by atoms with E-state index in [1.54, 1.807) is 31.4 Å². The molecule has 2 saturated heterocycles. The lowest BCUT2D eigenvalue weighted by atomic mass is 9.74. The Kier molecular flexibility index (Phi) is 8.34. The quantitative estimate of drug-likeness (QED) is 0.343. The van der Waals surface area contributed by atoms with Gasteiger partial charge < -0.3 is 20.5 Å². The highest BCUT2D eigenvalue weighted by molar-refractivity contribution is 5.90. The molecule has 39 heavy (non-hydrogen) atoms. The number of fused-ring (bicyclic) bond motifs is 1. The molecule has 10 heteroatoms. The Morgan fingerprint density at radius 1 is 1.18 bits per heavy atom. The zero-order valence-electron chi connectivity index (χ0n) is 22.5. The van der Waals surface area contributed by atoms with Crippen molar-refractivity contribution in [2.45, 2.75) is 63.7 Å². The van der Waals surface area contributed by atoms with Crippen LogP contribution in [0.1, 0.15) is 56.2 Å². The number of amides is 2. The van der Waals surface area contributed by atoms with E-state index in [9.17, 15) is 19.1 Å². The summed E-state index contributed by atoms with van der Waals surface area (Å²) in [6.45, 7) is 3.38. The zero-order valence-corrected chi connectivity index (χ0v) is 22.5. The molecule has 2 amide bonds. The number of phenolic OH excluding ortho intramolecular Hbond substituents is 1. The smallest absolute Gasteiger partial charge is 0.223 e. The number of hydrogen-bond acceptors (Lipinski definition) is 7. The van der Waals surface area contributed by atoms with Gasteiger partial charge in [0.25, 0.3) is 0 Å². The van der Waals surface area contributed by atoms with Gasteiger partial charge in [-0.25, -0.2) is 9.82 Å². The predicted molar refractivity (Wildman–Crippen MR) is 145 cm³/mol. The van der Waals surface area contributed by atoms with Gasteiger partial charge >= 0.3 is 0 Å². The van der Waals surface area contributed by atoms with Crippen molar-refractivity contribution in [2.75, 3.05) is 25.5 Å². The summed E-state index contributed by atoms with van der Waals surface area (Å²) in [5.74, 6) is 0.227. The van der Waals surface area contributed by atoms with Crippen molar-refractivity contribution in [3.05, 3.63) is 53.3 Å². The summed E-state index contributed by atoms with van der Waals surface area (Å²) in [7, 11) is 1.55. The molecule has 0 spiro atoms. The Bertz CT molecular complexity index is 1210. The number of nitrogens with zero attached hydrogens (tertiary/aromatic N) is 1. The number of ether oxygens (including phenoxy) is 1. The lowest BCUT2D eigenvalue weighted by Crippen LogP contribution is -2.50. The fraction of sp³-hybridized carbons (Fsp3) is 0.517. The van der Waals surface area contributed by atoms with Gasteiger partial charge in [-0.05, 0) is 74.4 Å². The van der Waals surface area contributed by atoms with Gasteiger partial charge in [0.05, 0.1) is 18.8 Å². The first-order valence-electron chi connectivity index (χ1n) is 13.8. The van der Waals surface area contributed by atoms with Crippen molar-refractivity contribution in [1.82, 2.24) is 21.1 Å². The Morgan fingerprint density at radius 3 is 2.82 bits per heavy atom. The minimum Gasteiger partial charge on any atom is -0.506 e. The highest BCUT2D eigenvalue weighted by Crippen LogP contribution is 2.42. The van der Waals surface area contributed by atoms with Crippen molar-refractivity contribution >= 4 is 17.5 Å². The van der Waals surface area contributed by atoms with Crippen LogP contribution >= 0.6 is 0 Å². The molecule has 210 valence electrons. The maximum absolute atomic E-state index is 14.5. The number of benzene rings is 2. The summed E-state index contributed by atoms with van der Waals surface area (Å²) < 4.78 is 19.8. The van der Waals surface area contributed by atoms with Crippen LogP contribution < -0.4 is 26.2 Å². The molecule has 0 aromatic heterocycles. The molecular formula is C29H38FN5O4. The fourth-order valence-corrected chi connectivity index (χ4v) is 6.41. The van der Waals surface area contributed by atoms with Crippen molar-refractivity contribution in [3.63, 3.8) is 0 Å². The normalized spacial score (nSPS) is 27.0. The van der Waals surface area contributed by atoms with Crippen LogP contribution in [0.2, 0.25) is 0 Å². The van der Waals surface area contributed by atoms with E-state index in [0.29, 0.717) is 30.1 Å². The molecule has 1 saturated carbocycles. The maximum atomic E-state index is 14.5. The van der Waals surface area contributed by atoms with Crippen molar-refractivity contribution in [2.24, 2.45) is 11.8 Å². The van der Waals surface area contributed by atoms with Crippen LogP contribution in [0.4, 0.5) is 10.1 Å². The van der Waals surface area contributed by atoms with Crippen LogP contribution in [0, 0.1) is 17.7 Å². The Morgan fingerprint density at radius 2 is 2.03 bits per heavy atom. The number of likely N-dealkylation sites (tertiary alicyclic amines) is 1. The second kappa shape index (κ2) is 11.9. The number of methoxy groups -OCH3 is 1. The highest BCUT2D eigenvalue weighted by atomic mass is 19.1. The van der Waals surface area contributed by atoms with E-state index in [1.165, 1.54) is 13.0 Å². The summed E-state index contributed by atoms with van der Waals surface area (Å²) >= 11 is 0. The van der Waals surface area contributed by atoms with Gasteiger partial charge in [0.15, 0.2) is 0 Å². The van der Waals surface area contributed by atoms with Crippen LogP contribution in [-0.4, -0.2) is 54.1 Å². The number of halogens is 1. The molecule has 2 aromatic carbocycles. The van der Waals surface area contributed by atoms with Gasteiger partial charge in [-0.15, -0.1) is 0 Å². The molecule has 3 fully saturated rings. The average Bonchev–Trinajstić information content (AvgIpc) is 3.34. The highest BCUT2D eigenvalue weighted by Gasteiger charge is 2.43. The molecular weight excluding hydrogens is 501 g/mol. The van der Waals surface area contributed by atoms with E-state index < -0.39 is 0 Å². The number of aromatic hydroxyl groups is 1. The minimum atomic E-state index is -0.275. The average molecular weight is 540 g/mol. The van der Waals surface area contributed by atoms with Crippen LogP contribution in [0.3, 0.4) is 0 Å². The maximum Gasteiger partial charge on any atom is 0.223 e. The fourth-order valence-electron chi connectivity index (χ4n) is 6.41. The summed E-state index contributed by atoms with van der Waals surface area (Å²) in [6, 6.07) is 10.3. The Balaban J connectivity index is 1.20. The minimum absolute atomic E-state index is 0.0207. The first kappa shape index (κ1) is 27.4. The monoisotopic (exact) mass is 539 g/mol. The number of hydrogen-bond donors (Lipinski definition) is 5. The van der Waals surface area contributed by atoms with Gasteiger partial charge in [-0.2, -0.15) is 0 Å². The van der Waals surface area contributed by atoms with E-state index in [2.05, 4.69) is 26.4 Å². The Hall–Kier alpha value is -3.21. The van der Waals surface area contributed by atoms with Crippen molar-refractivity contribution < 1.29 is 23.8 Å². The third-order valence-electron chi connectivity index (χ3n) is 8.34. The van der Waals surface area contributed by atoms with E-state index in [1.807, 2.05) is 6.07 Å². The van der Waals surface area contributed by atoms with Crippen molar-refractivity contribution in [3.8, 4) is 11.5 Å². The largest absolute Gasteiger partial charge is 0.506 e. The molecule has 4 unspecified atom stereocenters. The number of hydrazine groups is 1. The number of carbonyl (C=O) groups excluding carboxylic acids is 2. The Labute approximate surface area is 228 Å². The summed E-state index contributed by atoms with van der Waals surface area (Å²) in [4.78, 5) is 27.1. The summed E-state index contributed by atoms with van der Waals surface area (Å²) in [5, 5.41) is 16.1. The number of anilines is 1. The molecule has 0 bridgehead atoms. The molecule has 2 aliphatic heterocycles. The zero-order chi connectivity index (χ0) is 27.5. The van der Waals surface area contributed by atoms with Gasteiger partial charge in [0.1, 0.15) is 17.3 Å². The molecule has 1 aliphatic carbocycles. The topological polar surface area (TPSA) is 115 Å². The molecule has 3 aliphatic rings. The van der Waals surface area contributed by atoms with Crippen LogP contribution in [-0.2, 0) is 16.1 Å². The standard InChI is InChI=1S/C29H38FN5O4/c1-17(36)31-25-14-18(9-11-26(25)37)28-21-13-19(8-10-24(21)33-34-28)29(38)32-20-5-4-12-35(15-20)16-22-23(30)6-3-7-27(22)39-2/h3,6-7,9,11,14,19-21,24,28,33-34,37H,4-5,8,10,12-13,15-16H2,1-2H3,(H,31,36)(H,32,38)/t19?,20-,21?,24?,28?/m1/s1. The first-order chi connectivity index (χ1) is 18.8. The third kappa shape index (κ3) is 6.18. The van der Waals surface area contributed by atoms with E-state index in [4.69, 9.17) is 4.74 Å². The molecule has 5 rings (SSSR count). The molecule has 5 N–H and O–H groups in total. The SMILES string of the molecule is COc1cccc(F)c1CN1CCC[C@@H](NC(=O)C2CCC3NNC(c4ccc(O)c(NC(C)=O)c4)C3C2)C1. The van der Waals surface area contributed by atoms with Gasteiger partial charge in [0, 0.05) is 43.6 Å². The van der Waals surface area contributed by atoms with E-state index in [-0.39, 0.29) is 53.3 Å². The van der Waals surface area contributed by atoms with E-state index >= 15 is 0 Å². The van der Waals surface area contributed by atoms with Crippen molar-refractivity contribution in [1.29, 1.82) is 0 Å². The van der Waals surface area contributed by atoms with Gasteiger partial charge in [-0.1, -0.05) is 12.1 Å². The summed E-state index contributed by atoms with van der Waals surface area (Å²) in [5.41, 5.74) is 8.64. The number of nitrogens with one attached hydrogen (secondary N) is 4. The third-order valence-corrected chi connectivity index (χ3v) is 8.34. The second-order valence-corrected chi connectivity index (χ2v) is 11.0. The van der Waals surface area contributed by atoms with Gasteiger partial charge in [0.2, 0.25) is 11.8 Å². The lowest BCUT2D eigenvalue weighted by Gasteiger charge is -2.36. The molecule has 2 heterocycles. The molecule has 0 radical (unpaired) electrons. The first-order valence-corrected chi connectivity index (χ1v) is 13.8. The van der Waals surface area contributed by atoms with E-state index in [0.717, 1.165) is 44.2 Å². The number of rotatable bonds is 7. The number of carbonyl (C=O) groups is 2. The summed E-state index contributed by atoms with van der Waals surface area (Å²) in [6.07, 6.45) is 4.27. The number of phenols is 1. The van der Waals surface area contributed by atoms with Crippen LogP contribution in [0.15, 0.2) is 36.4 Å². The predicted octanol–water partition coefficient (Wildman–Crippen LogP) is 3.21. The molecule has 2 aromatic rings. The van der Waals surface area contributed by atoms with Gasteiger partial charge in [-0.3, -0.25) is 19.9 Å².